The van der Waals surface area contributed by atoms with Crippen LogP contribution in [0, 0.1) is 0 Å². The van der Waals surface area contributed by atoms with Crippen LogP contribution in [0.1, 0.15) is 99.9 Å². The Morgan fingerprint density at radius 2 is 0.836 bits per heavy atom. The van der Waals surface area contributed by atoms with Gasteiger partial charge in [0, 0.05) is 22.4 Å². The molecule has 0 saturated heterocycles. The highest BCUT2D eigenvalue weighted by molar-refractivity contribution is 6.00. The first kappa shape index (κ1) is 37.6. The molecule has 298 valence electrons. The number of fused-ring (bicyclic) bond motifs is 13. The van der Waals surface area contributed by atoms with Crippen LogP contribution in [0.25, 0.3) is 44.5 Å². The standard InChI is InChI=1S/C60H53N/c1-57(2,3)40-27-32-47-48-33-28-41(58(4,5)6)36-54(48)60(53(47)35-40)51-23-15-13-20-45(51)49-21-16-24-55(56(49)60)61(42-29-25-39(26-30-42)38-17-10-9-11-18-38)43-31-34-46-44-19-12-14-22-50(44)59(7,8)52(46)37-43/h9-37H,1-8H3. The second-order valence-corrected chi connectivity index (χ2v) is 20.2. The van der Waals surface area contributed by atoms with Crippen LogP contribution in [0.3, 0.4) is 0 Å². The Morgan fingerprint density at radius 1 is 0.361 bits per heavy atom. The van der Waals surface area contributed by atoms with Gasteiger partial charge in [-0.25, -0.2) is 0 Å². The van der Waals surface area contributed by atoms with E-state index >= 15 is 0 Å². The normalized spacial score (nSPS) is 14.8. The van der Waals surface area contributed by atoms with Gasteiger partial charge in [0.05, 0.1) is 11.1 Å². The van der Waals surface area contributed by atoms with Gasteiger partial charge in [0.15, 0.2) is 0 Å². The van der Waals surface area contributed by atoms with Gasteiger partial charge in [-0.3, -0.25) is 0 Å². The zero-order valence-electron chi connectivity index (χ0n) is 36.7. The lowest BCUT2D eigenvalue weighted by Crippen LogP contribution is -2.29. The van der Waals surface area contributed by atoms with E-state index in [-0.39, 0.29) is 16.2 Å². The van der Waals surface area contributed by atoms with Crippen molar-refractivity contribution in [3.8, 4) is 44.5 Å². The smallest absolute Gasteiger partial charge is 0.0746 e. The van der Waals surface area contributed by atoms with Crippen molar-refractivity contribution in [2.24, 2.45) is 0 Å². The van der Waals surface area contributed by atoms with Gasteiger partial charge in [0.1, 0.15) is 0 Å². The predicted octanol–water partition coefficient (Wildman–Crippen LogP) is 16.1. The molecule has 0 heterocycles. The number of hydrogen-bond donors (Lipinski definition) is 0. The number of rotatable bonds is 4. The molecule has 3 aliphatic carbocycles. The van der Waals surface area contributed by atoms with E-state index in [0.717, 1.165) is 11.4 Å². The second kappa shape index (κ2) is 13.0. The number of anilines is 3. The monoisotopic (exact) mass is 787 g/mol. The van der Waals surface area contributed by atoms with Crippen LogP contribution < -0.4 is 4.90 Å². The van der Waals surface area contributed by atoms with E-state index in [9.17, 15) is 0 Å². The fourth-order valence-corrected chi connectivity index (χ4v) is 11.0. The summed E-state index contributed by atoms with van der Waals surface area (Å²) in [6, 6.07) is 67.2. The van der Waals surface area contributed by atoms with Gasteiger partial charge in [0.25, 0.3) is 0 Å². The molecule has 3 aliphatic rings. The van der Waals surface area contributed by atoms with E-state index in [2.05, 4.69) is 236 Å². The van der Waals surface area contributed by atoms with Gasteiger partial charge in [-0.1, -0.05) is 201 Å². The maximum atomic E-state index is 2.57. The zero-order valence-corrected chi connectivity index (χ0v) is 36.7. The molecule has 11 rings (SSSR count). The first-order valence-corrected chi connectivity index (χ1v) is 22.0. The molecule has 1 spiro atoms. The maximum Gasteiger partial charge on any atom is 0.0746 e. The van der Waals surface area contributed by atoms with E-state index < -0.39 is 5.41 Å². The molecule has 0 aliphatic heterocycles. The summed E-state index contributed by atoms with van der Waals surface area (Å²) < 4.78 is 0. The molecule has 0 N–H and O–H groups in total. The predicted molar refractivity (Wildman–Crippen MR) is 258 cm³/mol. The van der Waals surface area contributed by atoms with Crippen molar-refractivity contribution in [2.45, 2.75) is 77.0 Å². The van der Waals surface area contributed by atoms with Crippen molar-refractivity contribution in [2.75, 3.05) is 4.90 Å². The largest absolute Gasteiger partial charge is 0.310 e. The van der Waals surface area contributed by atoms with Crippen LogP contribution in [0.2, 0.25) is 0 Å². The minimum Gasteiger partial charge on any atom is -0.310 e. The highest BCUT2D eigenvalue weighted by atomic mass is 15.1. The molecule has 0 amide bonds. The average Bonchev–Trinajstić information content (AvgIpc) is 3.82. The lowest BCUT2D eigenvalue weighted by Gasteiger charge is -2.37. The minimum atomic E-state index is -0.551. The molecule has 0 unspecified atom stereocenters. The van der Waals surface area contributed by atoms with Gasteiger partial charge in [-0.15, -0.1) is 0 Å². The molecular formula is C60H53N. The molecule has 0 saturated carbocycles. The van der Waals surface area contributed by atoms with E-state index in [1.165, 1.54) is 94.7 Å². The highest BCUT2D eigenvalue weighted by Gasteiger charge is 2.54. The third-order valence-corrected chi connectivity index (χ3v) is 14.2. The van der Waals surface area contributed by atoms with Crippen LogP contribution in [0.15, 0.2) is 176 Å². The Bertz CT molecular complexity index is 2990. The summed E-state index contributed by atoms with van der Waals surface area (Å²) in [6.07, 6.45) is 0. The molecular weight excluding hydrogens is 735 g/mol. The van der Waals surface area contributed by atoms with Crippen LogP contribution in [-0.2, 0) is 21.7 Å². The molecule has 0 fully saturated rings. The van der Waals surface area contributed by atoms with E-state index in [0.29, 0.717) is 0 Å². The third-order valence-electron chi connectivity index (χ3n) is 14.2. The summed E-state index contributed by atoms with van der Waals surface area (Å²) in [5, 5.41) is 0. The lowest BCUT2D eigenvalue weighted by atomic mass is 9.68. The Hall–Kier alpha value is -6.44. The van der Waals surface area contributed by atoms with Crippen molar-refractivity contribution in [1.82, 2.24) is 0 Å². The van der Waals surface area contributed by atoms with Gasteiger partial charge in [-0.05, 0) is 125 Å². The van der Waals surface area contributed by atoms with E-state index in [1.807, 2.05) is 0 Å². The zero-order chi connectivity index (χ0) is 42.1. The summed E-state index contributed by atoms with van der Waals surface area (Å²) in [6.45, 7) is 18.8. The van der Waals surface area contributed by atoms with Crippen molar-refractivity contribution < 1.29 is 0 Å². The van der Waals surface area contributed by atoms with Gasteiger partial charge in [-0.2, -0.15) is 0 Å². The fraction of sp³-hybridized carbons (Fsp3) is 0.200. The summed E-state index contributed by atoms with van der Waals surface area (Å²) >= 11 is 0. The molecule has 8 aromatic carbocycles. The topological polar surface area (TPSA) is 3.24 Å². The van der Waals surface area contributed by atoms with Crippen molar-refractivity contribution in [1.29, 1.82) is 0 Å². The maximum absolute atomic E-state index is 2.57. The number of hydrogen-bond acceptors (Lipinski definition) is 1. The SMILES string of the molecule is CC(C)(C)c1ccc2c(c1)C1(c3cc(C(C)(C)C)ccc3-2)c2ccccc2-c2cccc(N(c3ccc(-c4ccccc4)cc3)c3ccc4c(c3)C(C)(C)c3ccccc3-4)c21. The quantitative estimate of drug-likeness (QED) is 0.172. The number of nitrogens with zero attached hydrogens (tertiary/aromatic N) is 1. The van der Waals surface area contributed by atoms with Crippen molar-refractivity contribution in [3.63, 3.8) is 0 Å². The first-order chi connectivity index (χ1) is 29.3. The summed E-state index contributed by atoms with van der Waals surface area (Å²) in [7, 11) is 0. The molecule has 1 nitrogen and oxygen atoms in total. The Kier molecular flexibility index (Phi) is 8.02. The Balaban J connectivity index is 1.24. The van der Waals surface area contributed by atoms with E-state index in [4.69, 9.17) is 0 Å². The minimum absolute atomic E-state index is 0.0244. The van der Waals surface area contributed by atoms with Crippen molar-refractivity contribution in [3.05, 3.63) is 220 Å². The third kappa shape index (κ3) is 5.39. The molecule has 0 radical (unpaired) electrons. The molecule has 1 heteroatoms. The van der Waals surface area contributed by atoms with Crippen LogP contribution in [0.4, 0.5) is 17.1 Å². The lowest BCUT2D eigenvalue weighted by molar-refractivity contribution is 0.586. The van der Waals surface area contributed by atoms with Crippen LogP contribution in [-0.4, -0.2) is 0 Å². The van der Waals surface area contributed by atoms with Crippen LogP contribution in [0.5, 0.6) is 0 Å². The number of benzene rings is 8. The van der Waals surface area contributed by atoms with Crippen molar-refractivity contribution >= 4 is 17.1 Å². The summed E-state index contributed by atoms with van der Waals surface area (Å²) in [5.41, 5.74) is 24.1. The van der Waals surface area contributed by atoms with Gasteiger partial charge >= 0.3 is 0 Å². The molecule has 0 aromatic heterocycles. The fourth-order valence-electron chi connectivity index (χ4n) is 11.0. The first-order valence-electron chi connectivity index (χ1n) is 22.0. The van der Waals surface area contributed by atoms with Gasteiger partial charge in [0.2, 0.25) is 0 Å². The van der Waals surface area contributed by atoms with Gasteiger partial charge < -0.3 is 4.90 Å². The Labute approximate surface area is 362 Å². The molecule has 61 heavy (non-hydrogen) atoms. The summed E-state index contributed by atoms with van der Waals surface area (Å²) in [4.78, 5) is 2.57. The Morgan fingerprint density at radius 3 is 1.46 bits per heavy atom. The van der Waals surface area contributed by atoms with Crippen LogP contribution >= 0.6 is 0 Å². The second-order valence-electron chi connectivity index (χ2n) is 20.2. The summed E-state index contributed by atoms with van der Waals surface area (Å²) in [5.74, 6) is 0. The molecule has 8 aromatic rings. The van der Waals surface area contributed by atoms with E-state index in [1.54, 1.807) is 0 Å². The molecule has 0 atom stereocenters. The molecule has 0 bridgehead atoms. The average molecular weight is 788 g/mol. The highest BCUT2D eigenvalue weighted by Crippen LogP contribution is 2.66.